The van der Waals surface area contributed by atoms with Gasteiger partial charge in [-0.1, -0.05) is 48.0 Å². The zero-order chi connectivity index (χ0) is 28.0. The molecule has 4 rings (SSSR count). The number of anilines is 1. The summed E-state index contributed by atoms with van der Waals surface area (Å²) in [5.41, 5.74) is 7.79. The highest BCUT2D eigenvalue weighted by atomic mass is 32.2. The van der Waals surface area contributed by atoms with Crippen LogP contribution in [-0.2, 0) is 14.8 Å². The molecule has 0 aliphatic heterocycles. The van der Waals surface area contributed by atoms with Gasteiger partial charge in [-0.3, -0.25) is 9.10 Å². The zero-order valence-corrected chi connectivity index (χ0v) is 23.3. The smallest absolute Gasteiger partial charge is 0.264 e. The molecule has 1 heterocycles. The molecule has 0 spiro atoms. The van der Waals surface area contributed by atoms with E-state index in [1.807, 2.05) is 33.8 Å². The van der Waals surface area contributed by atoms with Crippen molar-refractivity contribution in [3.8, 4) is 11.4 Å². The Morgan fingerprint density at radius 1 is 0.974 bits per heavy atom. The normalized spacial score (nSPS) is 11.5. The van der Waals surface area contributed by atoms with Gasteiger partial charge in [-0.2, -0.15) is 5.10 Å². The Morgan fingerprint density at radius 2 is 1.64 bits per heavy atom. The fourth-order valence-electron chi connectivity index (χ4n) is 4.31. The van der Waals surface area contributed by atoms with E-state index in [0.29, 0.717) is 12.4 Å². The molecule has 1 N–H and O–H groups in total. The predicted molar refractivity (Wildman–Crippen MR) is 154 cm³/mol. The minimum absolute atomic E-state index is 0.0659. The Balaban J connectivity index is 1.57. The van der Waals surface area contributed by atoms with E-state index in [-0.39, 0.29) is 10.6 Å². The third kappa shape index (κ3) is 6.21. The number of carbonyl (C=O) groups excluding carboxylic acids is 1. The maximum absolute atomic E-state index is 13.6. The number of nitrogens with one attached hydrogen (secondary N) is 1. The second-order valence-electron chi connectivity index (χ2n) is 9.02. The summed E-state index contributed by atoms with van der Waals surface area (Å²) in [7, 11) is -4.07. The van der Waals surface area contributed by atoms with E-state index in [0.717, 1.165) is 26.9 Å². The van der Waals surface area contributed by atoms with Gasteiger partial charge in [0.05, 0.1) is 23.4 Å². The van der Waals surface area contributed by atoms with Crippen LogP contribution in [0.15, 0.2) is 94.9 Å². The number of aromatic nitrogens is 1. The van der Waals surface area contributed by atoms with Gasteiger partial charge in [0.15, 0.2) is 0 Å². The molecule has 0 radical (unpaired) electrons. The number of aryl methyl sites for hydroxylation is 2. The van der Waals surface area contributed by atoms with Gasteiger partial charge >= 0.3 is 0 Å². The minimum atomic E-state index is -4.07. The van der Waals surface area contributed by atoms with Crippen LogP contribution in [0.4, 0.5) is 5.69 Å². The van der Waals surface area contributed by atoms with Crippen molar-refractivity contribution in [1.82, 2.24) is 9.99 Å². The number of para-hydroxylation sites is 2. The van der Waals surface area contributed by atoms with Crippen LogP contribution >= 0.6 is 0 Å². The lowest BCUT2D eigenvalue weighted by Gasteiger charge is -2.25. The summed E-state index contributed by atoms with van der Waals surface area (Å²) in [6.45, 7) is 7.69. The fourth-order valence-corrected chi connectivity index (χ4v) is 5.76. The van der Waals surface area contributed by atoms with Crippen molar-refractivity contribution in [3.05, 3.63) is 107 Å². The molecule has 0 unspecified atom stereocenters. The monoisotopic (exact) mass is 544 g/mol. The molecule has 0 aliphatic carbocycles. The molecule has 1 aromatic heterocycles. The Bertz CT molecular complexity index is 1580. The summed E-state index contributed by atoms with van der Waals surface area (Å²) < 4.78 is 36.0. The van der Waals surface area contributed by atoms with Gasteiger partial charge in [0.25, 0.3) is 15.9 Å². The predicted octanol–water partition coefficient (Wildman–Crippen LogP) is 5.15. The number of hydrogen-bond donors (Lipinski definition) is 1. The van der Waals surface area contributed by atoms with Gasteiger partial charge in [0.1, 0.15) is 12.3 Å². The number of amides is 1. The Kier molecular flexibility index (Phi) is 8.51. The number of sulfonamides is 1. The van der Waals surface area contributed by atoms with Gasteiger partial charge in [0.2, 0.25) is 0 Å². The van der Waals surface area contributed by atoms with Crippen molar-refractivity contribution in [2.45, 2.75) is 32.6 Å². The topological polar surface area (TPSA) is 93.0 Å². The molecular weight excluding hydrogens is 512 g/mol. The van der Waals surface area contributed by atoms with Crippen molar-refractivity contribution in [3.63, 3.8) is 0 Å². The SMILES string of the molecule is CCOc1ccccc1N(CC(=O)N/N=C/c1cc(C)n(-c2ccc(C)cc2)c1C)S(=O)(=O)c1ccccc1. The molecule has 4 aromatic rings. The maximum atomic E-state index is 13.6. The molecule has 0 aliphatic rings. The molecule has 0 fully saturated rings. The van der Waals surface area contributed by atoms with Crippen molar-refractivity contribution < 1.29 is 17.9 Å². The number of hydrazone groups is 1. The maximum Gasteiger partial charge on any atom is 0.264 e. The average molecular weight is 545 g/mol. The van der Waals surface area contributed by atoms with E-state index in [1.165, 1.54) is 17.7 Å². The van der Waals surface area contributed by atoms with Gasteiger partial charge < -0.3 is 9.30 Å². The fraction of sp³-hybridized carbons (Fsp3) is 0.200. The van der Waals surface area contributed by atoms with E-state index in [4.69, 9.17) is 4.74 Å². The van der Waals surface area contributed by atoms with E-state index in [9.17, 15) is 13.2 Å². The lowest BCUT2D eigenvalue weighted by molar-refractivity contribution is -0.119. The first kappa shape index (κ1) is 27.7. The molecule has 0 bridgehead atoms. The van der Waals surface area contributed by atoms with Crippen LogP contribution in [0.25, 0.3) is 5.69 Å². The molecule has 9 heteroatoms. The molecule has 39 heavy (non-hydrogen) atoms. The van der Waals surface area contributed by atoms with Gasteiger partial charge in [-0.15, -0.1) is 0 Å². The van der Waals surface area contributed by atoms with Crippen molar-refractivity contribution in [2.24, 2.45) is 5.10 Å². The van der Waals surface area contributed by atoms with E-state index in [1.54, 1.807) is 48.7 Å². The highest BCUT2D eigenvalue weighted by Gasteiger charge is 2.29. The number of carbonyl (C=O) groups is 1. The third-order valence-corrected chi connectivity index (χ3v) is 7.98. The molecule has 8 nitrogen and oxygen atoms in total. The summed E-state index contributed by atoms with van der Waals surface area (Å²) in [6, 6.07) is 24.9. The van der Waals surface area contributed by atoms with Gasteiger partial charge in [-0.25, -0.2) is 13.8 Å². The number of rotatable bonds is 10. The quantitative estimate of drug-likeness (QED) is 0.221. The van der Waals surface area contributed by atoms with Crippen LogP contribution in [0.1, 0.15) is 29.4 Å². The number of nitrogens with zero attached hydrogens (tertiary/aromatic N) is 3. The Labute approximate surface area is 229 Å². The molecule has 0 saturated heterocycles. The first-order valence-corrected chi connectivity index (χ1v) is 14.0. The van der Waals surface area contributed by atoms with E-state index in [2.05, 4.69) is 39.4 Å². The summed E-state index contributed by atoms with van der Waals surface area (Å²) >= 11 is 0. The Morgan fingerprint density at radius 3 is 2.33 bits per heavy atom. The lowest BCUT2D eigenvalue weighted by atomic mass is 10.2. The first-order chi connectivity index (χ1) is 18.7. The Hall–Kier alpha value is -4.37. The van der Waals surface area contributed by atoms with Crippen molar-refractivity contribution >= 4 is 27.8 Å². The van der Waals surface area contributed by atoms with Crippen molar-refractivity contribution in [1.29, 1.82) is 0 Å². The van der Waals surface area contributed by atoms with Crippen LogP contribution in [0.2, 0.25) is 0 Å². The zero-order valence-electron chi connectivity index (χ0n) is 22.5. The van der Waals surface area contributed by atoms with Gasteiger partial charge in [-0.05, 0) is 70.2 Å². The summed E-state index contributed by atoms with van der Waals surface area (Å²) in [5, 5.41) is 4.13. The third-order valence-electron chi connectivity index (χ3n) is 6.21. The van der Waals surface area contributed by atoms with Gasteiger partial charge in [0, 0.05) is 22.6 Å². The van der Waals surface area contributed by atoms with E-state index >= 15 is 0 Å². The van der Waals surface area contributed by atoms with Crippen LogP contribution in [0.3, 0.4) is 0 Å². The highest BCUT2D eigenvalue weighted by Crippen LogP contribution is 2.32. The van der Waals surface area contributed by atoms with Crippen molar-refractivity contribution in [2.75, 3.05) is 17.5 Å². The second kappa shape index (κ2) is 12.0. The lowest BCUT2D eigenvalue weighted by Crippen LogP contribution is -2.39. The van der Waals surface area contributed by atoms with Crippen LogP contribution in [-0.4, -0.2) is 38.3 Å². The van der Waals surface area contributed by atoms with E-state index < -0.39 is 22.5 Å². The molecule has 202 valence electrons. The largest absolute Gasteiger partial charge is 0.492 e. The van der Waals surface area contributed by atoms with Crippen LogP contribution in [0, 0.1) is 20.8 Å². The average Bonchev–Trinajstić information content (AvgIpc) is 3.21. The molecule has 1 amide bonds. The van der Waals surface area contributed by atoms with Crippen LogP contribution in [0.5, 0.6) is 5.75 Å². The molecular formula is C30H32N4O4S. The number of hydrogen-bond acceptors (Lipinski definition) is 5. The molecule has 3 aromatic carbocycles. The van der Waals surface area contributed by atoms with Crippen LogP contribution < -0.4 is 14.5 Å². The highest BCUT2D eigenvalue weighted by molar-refractivity contribution is 7.92. The minimum Gasteiger partial charge on any atom is -0.492 e. The standard InChI is InChI=1S/C30H32N4O4S/c1-5-38-29-14-10-9-13-28(29)33(39(36,37)27-11-7-6-8-12-27)21-30(35)32-31-20-25-19-23(3)34(24(25)4)26-17-15-22(2)16-18-26/h6-20H,5,21H2,1-4H3,(H,32,35)/b31-20+. The molecule has 0 atom stereocenters. The number of benzene rings is 3. The second-order valence-corrected chi connectivity index (χ2v) is 10.9. The summed E-state index contributed by atoms with van der Waals surface area (Å²) in [4.78, 5) is 13.1. The number of ether oxygens (including phenoxy) is 1. The molecule has 0 saturated carbocycles. The summed E-state index contributed by atoms with van der Waals surface area (Å²) in [5.74, 6) is -0.233. The summed E-state index contributed by atoms with van der Waals surface area (Å²) in [6.07, 6.45) is 1.56. The first-order valence-electron chi connectivity index (χ1n) is 12.6.